The lowest BCUT2D eigenvalue weighted by Crippen LogP contribution is -2.49. The van der Waals surface area contributed by atoms with E-state index in [1.807, 2.05) is 11.0 Å². The van der Waals surface area contributed by atoms with Gasteiger partial charge in [0.2, 0.25) is 10.0 Å². The molecule has 2 heterocycles. The molecule has 0 spiro atoms. The number of nitrogens with two attached hydrogens (primary N) is 1. The first-order chi connectivity index (χ1) is 11.3. The van der Waals surface area contributed by atoms with Crippen LogP contribution < -0.4 is 10.0 Å². The van der Waals surface area contributed by atoms with E-state index in [9.17, 15) is 13.2 Å². The van der Waals surface area contributed by atoms with Gasteiger partial charge in [-0.25, -0.2) is 8.42 Å². The smallest absolute Gasteiger partial charge is 0.254 e. The Morgan fingerprint density at radius 1 is 1.33 bits per heavy atom. The van der Waals surface area contributed by atoms with Crippen LogP contribution in [-0.4, -0.2) is 51.2 Å². The summed E-state index contributed by atoms with van der Waals surface area (Å²) in [4.78, 5) is 14.8. The second-order valence-electron chi connectivity index (χ2n) is 6.95. The van der Waals surface area contributed by atoms with Crippen molar-refractivity contribution in [1.29, 1.82) is 0 Å². The van der Waals surface area contributed by atoms with E-state index in [1.54, 1.807) is 12.1 Å². The normalized spacial score (nSPS) is 24.1. The molecule has 0 aliphatic carbocycles. The first-order valence-electron chi connectivity index (χ1n) is 8.43. The third-order valence-corrected chi connectivity index (χ3v) is 6.27. The zero-order chi connectivity index (χ0) is 17.5. The number of amides is 1. The van der Waals surface area contributed by atoms with Gasteiger partial charge in [-0.05, 0) is 48.9 Å². The van der Waals surface area contributed by atoms with Gasteiger partial charge in [0.25, 0.3) is 5.91 Å². The van der Waals surface area contributed by atoms with Gasteiger partial charge in [-0.2, -0.15) is 0 Å². The van der Waals surface area contributed by atoms with Gasteiger partial charge in [0, 0.05) is 31.2 Å². The Morgan fingerprint density at radius 2 is 2.08 bits per heavy atom. The summed E-state index contributed by atoms with van der Waals surface area (Å²) in [7, 11) is -3.27. The standard InChI is InChI=1S/C17H25N3O3S/c1-12-5-7-19(15(9-12)11-18)17(21)14-3-4-16-13(10-14)6-8-20(16)24(2,22)23/h3-4,10,12,15H,5-9,11,18H2,1-2H3. The van der Waals surface area contributed by atoms with Crippen molar-refractivity contribution in [3.05, 3.63) is 29.3 Å². The van der Waals surface area contributed by atoms with Crippen molar-refractivity contribution >= 4 is 21.6 Å². The maximum absolute atomic E-state index is 12.9. The molecule has 2 aliphatic rings. The van der Waals surface area contributed by atoms with Gasteiger partial charge in [-0.3, -0.25) is 9.10 Å². The fourth-order valence-corrected chi connectivity index (χ4v) is 4.72. The lowest BCUT2D eigenvalue weighted by atomic mass is 9.91. The van der Waals surface area contributed by atoms with Crippen LogP contribution in [0.15, 0.2) is 18.2 Å². The molecule has 1 fully saturated rings. The lowest BCUT2D eigenvalue weighted by molar-refractivity contribution is 0.0573. The van der Waals surface area contributed by atoms with Crippen molar-refractivity contribution in [3.63, 3.8) is 0 Å². The van der Waals surface area contributed by atoms with Crippen molar-refractivity contribution < 1.29 is 13.2 Å². The summed E-state index contributed by atoms with van der Waals surface area (Å²) in [6, 6.07) is 5.41. The van der Waals surface area contributed by atoms with Crippen molar-refractivity contribution in [2.45, 2.75) is 32.2 Å². The fourth-order valence-electron chi connectivity index (χ4n) is 3.76. The molecule has 2 aliphatic heterocycles. The van der Waals surface area contributed by atoms with Gasteiger partial charge in [-0.15, -0.1) is 0 Å². The van der Waals surface area contributed by atoms with E-state index in [1.165, 1.54) is 10.6 Å². The maximum atomic E-state index is 12.9. The average molecular weight is 351 g/mol. The Hall–Kier alpha value is -1.60. The van der Waals surface area contributed by atoms with Crippen LogP contribution in [0.1, 0.15) is 35.7 Å². The first kappa shape index (κ1) is 17.2. The highest BCUT2D eigenvalue weighted by Crippen LogP contribution is 2.32. The average Bonchev–Trinajstić information content (AvgIpc) is 2.97. The zero-order valence-electron chi connectivity index (χ0n) is 14.2. The number of nitrogens with zero attached hydrogens (tertiary/aromatic N) is 2. The van der Waals surface area contributed by atoms with Crippen LogP contribution in [0, 0.1) is 5.92 Å². The first-order valence-corrected chi connectivity index (χ1v) is 10.3. The van der Waals surface area contributed by atoms with Crippen molar-refractivity contribution in [2.75, 3.05) is 30.2 Å². The molecule has 2 atom stereocenters. The largest absolute Gasteiger partial charge is 0.334 e. The minimum atomic E-state index is -3.27. The van der Waals surface area contributed by atoms with Crippen LogP contribution in [0.25, 0.3) is 0 Å². The lowest BCUT2D eigenvalue weighted by Gasteiger charge is -2.38. The summed E-state index contributed by atoms with van der Waals surface area (Å²) in [5.74, 6) is 0.587. The van der Waals surface area contributed by atoms with Gasteiger partial charge in [0.05, 0.1) is 11.9 Å². The quantitative estimate of drug-likeness (QED) is 0.887. The second-order valence-corrected chi connectivity index (χ2v) is 8.85. The predicted octanol–water partition coefficient (Wildman–Crippen LogP) is 1.21. The molecule has 2 unspecified atom stereocenters. The summed E-state index contributed by atoms with van der Waals surface area (Å²) in [5, 5.41) is 0. The van der Waals surface area contributed by atoms with E-state index in [0.29, 0.717) is 36.7 Å². The summed E-state index contributed by atoms with van der Waals surface area (Å²) in [6.45, 7) is 3.84. The minimum Gasteiger partial charge on any atom is -0.334 e. The Labute approximate surface area is 143 Å². The summed E-state index contributed by atoms with van der Waals surface area (Å²) in [5.41, 5.74) is 8.09. The van der Waals surface area contributed by atoms with E-state index < -0.39 is 10.0 Å². The number of piperidine rings is 1. The van der Waals surface area contributed by atoms with Crippen molar-refractivity contribution in [2.24, 2.45) is 11.7 Å². The highest BCUT2D eigenvalue weighted by Gasteiger charge is 2.31. The van der Waals surface area contributed by atoms with E-state index in [-0.39, 0.29) is 11.9 Å². The third kappa shape index (κ3) is 3.15. The van der Waals surface area contributed by atoms with Gasteiger partial charge in [0.1, 0.15) is 0 Å². The topological polar surface area (TPSA) is 83.7 Å². The van der Waals surface area contributed by atoms with Gasteiger partial charge in [0.15, 0.2) is 0 Å². The van der Waals surface area contributed by atoms with E-state index in [4.69, 9.17) is 5.73 Å². The van der Waals surface area contributed by atoms with Gasteiger partial charge in [-0.1, -0.05) is 6.92 Å². The molecule has 0 saturated carbocycles. The second kappa shape index (κ2) is 6.37. The zero-order valence-corrected chi connectivity index (χ0v) is 15.1. The Bertz CT molecular complexity index is 747. The number of likely N-dealkylation sites (tertiary alicyclic amines) is 1. The van der Waals surface area contributed by atoms with Crippen molar-refractivity contribution in [3.8, 4) is 0 Å². The van der Waals surface area contributed by atoms with E-state index in [0.717, 1.165) is 24.9 Å². The SMILES string of the molecule is CC1CCN(C(=O)c2ccc3c(c2)CCN3S(C)(=O)=O)C(CN)C1. The number of anilines is 1. The molecule has 6 nitrogen and oxygen atoms in total. The molecule has 0 bridgehead atoms. The molecule has 1 aromatic carbocycles. The number of carbonyl (C=O) groups excluding carboxylic acids is 1. The number of rotatable bonds is 3. The summed E-state index contributed by atoms with van der Waals surface area (Å²) >= 11 is 0. The van der Waals surface area contributed by atoms with Crippen LogP contribution >= 0.6 is 0 Å². The molecule has 7 heteroatoms. The fraction of sp³-hybridized carbons (Fsp3) is 0.588. The molecule has 2 N–H and O–H groups in total. The minimum absolute atomic E-state index is 0.00189. The van der Waals surface area contributed by atoms with E-state index >= 15 is 0 Å². The Kier molecular flexibility index (Phi) is 4.57. The molecule has 3 rings (SSSR count). The van der Waals surface area contributed by atoms with E-state index in [2.05, 4.69) is 6.92 Å². The highest BCUT2D eigenvalue weighted by molar-refractivity contribution is 7.92. The Morgan fingerprint density at radius 3 is 2.75 bits per heavy atom. The molecule has 0 radical (unpaired) electrons. The molecule has 1 amide bonds. The van der Waals surface area contributed by atoms with Crippen LogP contribution in [0.4, 0.5) is 5.69 Å². The number of sulfonamides is 1. The predicted molar refractivity (Wildman–Crippen MR) is 94.6 cm³/mol. The summed E-state index contributed by atoms with van der Waals surface area (Å²) < 4.78 is 25.0. The molecule has 24 heavy (non-hydrogen) atoms. The molecule has 0 aromatic heterocycles. The third-order valence-electron chi connectivity index (χ3n) is 5.09. The Balaban J connectivity index is 1.85. The molecule has 1 saturated heterocycles. The number of hydrogen-bond donors (Lipinski definition) is 1. The van der Waals surface area contributed by atoms with Crippen LogP contribution in [0.3, 0.4) is 0 Å². The van der Waals surface area contributed by atoms with Crippen molar-refractivity contribution in [1.82, 2.24) is 4.90 Å². The molecule has 132 valence electrons. The number of carbonyl (C=O) groups is 1. The molecule has 1 aromatic rings. The van der Waals surface area contributed by atoms with Gasteiger partial charge >= 0.3 is 0 Å². The highest BCUT2D eigenvalue weighted by atomic mass is 32.2. The molecular formula is C17H25N3O3S. The summed E-state index contributed by atoms with van der Waals surface area (Å²) in [6.07, 6.45) is 3.78. The maximum Gasteiger partial charge on any atom is 0.254 e. The monoisotopic (exact) mass is 351 g/mol. The van der Waals surface area contributed by atoms with Gasteiger partial charge < -0.3 is 10.6 Å². The van der Waals surface area contributed by atoms with Crippen LogP contribution in [0.5, 0.6) is 0 Å². The van der Waals surface area contributed by atoms with Crippen LogP contribution in [0.2, 0.25) is 0 Å². The van der Waals surface area contributed by atoms with Crippen LogP contribution in [-0.2, 0) is 16.4 Å². The number of hydrogen-bond acceptors (Lipinski definition) is 4. The molecular weight excluding hydrogens is 326 g/mol. The number of benzene rings is 1. The number of fused-ring (bicyclic) bond motifs is 1.